The Hall–Kier alpha value is -5.49. The molecule has 19 heteroatoms. The van der Waals surface area contributed by atoms with E-state index < -0.39 is 35.1 Å². The zero-order valence-corrected chi connectivity index (χ0v) is 41.5. The van der Waals surface area contributed by atoms with Gasteiger partial charge in [-0.05, 0) is 89.8 Å². The summed E-state index contributed by atoms with van der Waals surface area (Å²) in [5, 5.41) is 46.4. The van der Waals surface area contributed by atoms with Crippen LogP contribution in [0, 0.1) is 11.3 Å². The number of hydrogen-bond donors (Lipinski definition) is 5. The number of carboxylic acid groups (broad SMARTS) is 4. The number of nitriles is 1. The number of aryl methyl sites for hydroxylation is 1. The van der Waals surface area contributed by atoms with E-state index in [1.54, 1.807) is 42.5 Å². The van der Waals surface area contributed by atoms with Crippen molar-refractivity contribution in [3.05, 3.63) is 70.8 Å². The Kier molecular flexibility index (Phi) is 28.7. The molecule has 68 heavy (non-hydrogen) atoms. The molecule has 0 aliphatic carbocycles. The number of hydrogen-bond acceptors (Lipinski definition) is 15. The molecule has 0 aromatic heterocycles. The number of benzene rings is 2. The van der Waals surface area contributed by atoms with E-state index in [1.165, 1.54) is 12.5 Å². The average Bonchev–Trinajstić information content (AvgIpc) is 3.39. The van der Waals surface area contributed by atoms with Gasteiger partial charge in [0.1, 0.15) is 11.2 Å². The lowest BCUT2D eigenvalue weighted by atomic mass is 10.1. The summed E-state index contributed by atoms with van der Waals surface area (Å²) in [4.78, 5) is 77.6. The minimum atomic E-state index is -0.955. The van der Waals surface area contributed by atoms with Gasteiger partial charge in [-0.25, -0.2) is 9.59 Å². The number of nitrogens with one attached hydrogen (secondary N) is 1. The van der Waals surface area contributed by atoms with Gasteiger partial charge in [0.15, 0.2) is 0 Å². The largest absolute Gasteiger partial charge is 0.480 e. The number of carboxylic acids is 4. The molecule has 0 unspecified atom stereocenters. The molecule has 2 aliphatic rings. The third kappa shape index (κ3) is 30.0. The molecule has 380 valence electrons. The number of aromatic carboxylic acids is 2. The zero-order chi connectivity index (χ0) is 51.3. The lowest BCUT2D eigenvalue weighted by Crippen LogP contribution is -2.42. The number of carbonyl (C=O) groups excluding carboxylic acids is 2. The van der Waals surface area contributed by atoms with Crippen LogP contribution < -0.4 is 5.32 Å². The molecule has 0 amide bonds. The van der Waals surface area contributed by atoms with Crippen LogP contribution in [0.5, 0.6) is 0 Å². The molecular weight excluding hydrogens is 879 g/mol. The van der Waals surface area contributed by atoms with Crippen LogP contribution in [0.1, 0.15) is 93.7 Å². The molecule has 2 saturated heterocycles. The van der Waals surface area contributed by atoms with Crippen LogP contribution in [0.3, 0.4) is 0 Å². The van der Waals surface area contributed by atoms with Crippen molar-refractivity contribution in [2.24, 2.45) is 0 Å². The number of rotatable bonds is 15. The van der Waals surface area contributed by atoms with Crippen molar-refractivity contribution in [1.82, 2.24) is 29.8 Å². The van der Waals surface area contributed by atoms with Gasteiger partial charge in [0.2, 0.25) is 0 Å². The first-order valence-electron chi connectivity index (χ1n) is 23.1. The van der Waals surface area contributed by atoms with Gasteiger partial charge < -0.3 is 40.1 Å². The molecule has 0 radical (unpaired) electrons. The Balaban J connectivity index is 0.000000527. The molecule has 2 fully saturated rings. The first-order chi connectivity index (χ1) is 31.9. The van der Waals surface area contributed by atoms with Crippen LogP contribution in [0.2, 0.25) is 0 Å². The number of ether oxygens (including phenoxy) is 2. The third-order valence-electron chi connectivity index (χ3n) is 10.1. The lowest BCUT2D eigenvalue weighted by molar-refractivity contribution is -0.158. The van der Waals surface area contributed by atoms with Crippen LogP contribution in [0.25, 0.3) is 0 Å². The second kappa shape index (κ2) is 32.3. The van der Waals surface area contributed by atoms with E-state index in [0.29, 0.717) is 57.9 Å². The summed E-state index contributed by atoms with van der Waals surface area (Å²) in [6, 6.07) is 15.5. The summed E-state index contributed by atoms with van der Waals surface area (Å²) in [7, 11) is 0. The number of nitrogens with zero attached hydrogens (tertiary/aromatic N) is 6. The van der Waals surface area contributed by atoms with Crippen LogP contribution in [0.15, 0.2) is 48.5 Å². The van der Waals surface area contributed by atoms with E-state index in [2.05, 4.69) is 26.9 Å². The smallest absolute Gasteiger partial charge is 0.335 e. The second-order valence-electron chi connectivity index (χ2n) is 18.4. The second-order valence-corrected chi connectivity index (χ2v) is 18.4. The number of aliphatic carboxylic acids is 2. The van der Waals surface area contributed by atoms with E-state index in [4.69, 9.17) is 35.2 Å². The molecule has 2 heterocycles. The number of esters is 2. The fraction of sp³-hybridized carbons (Fsp3) is 0.612. The fourth-order valence-corrected chi connectivity index (χ4v) is 6.84. The summed E-state index contributed by atoms with van der Waals surface area (Å²) < 4.78 is 10.8. The van der Waals surface area contributed by atoms with Crippen molar-refractivity contribution >= 4 is 35.8 Å². The van der Waals surface area contributed by atoms with Crippen molar-refractivity contribution in [1.29, 1.82) is 5.26 Å². The Morgan fingerprint density at radius 3 is 1.15 bits per heavy atom. The highest BCUT2D eigenvalue weighted by Crippen LogP contribution is 2.11. The molecule has 0 atom stereocenters. The Morgan fingerprint density at radius 1 is 0.544 bits per heavy atom. The van der Waals surface area contributed by atoms with Gasteiger partial charge in [-0.3, -0.25) is 38.8 Å². The van der Waals surface area contributed by atoms with E-state index in [0.717, 1.165) is 57.5 Å². The fourth-order valence-electron chi connectivity index (χ4n) is 6.84. The maximum atomic E-state index is 12.1. The highest BCUT2D eigenvalue weighted by atomic mass is 16.6. The maximum absolute atomic E-state index is 12.1. The first-order valence-corrected chi connectivity index (χ1v) is 23.1. The molecule has 2 aromatic rings. The van der Waals surface area contributed by atoms with Gasteiger partial charge in [-0.1, -0.05) is 37.6 Å². The van der Waals surface area contributed by atoms with E-state index in [1.807, 2.05) is 63.5 Å². The van der Waals surface area contributed by atoms with Crippen molar-refractivity contribution < 1.29 is 58.7 Å². The predicted molar refractivity (Wildman–Crippen MR) is 258 cm³/mol. The highest BCUT2D eigenvalue weighted by Gasteiger charge is 2.23. The monoisotopic (exact) mass is 956 g/mol. The van der Waals surface area contributed by atoms with Crippen molar-refractivity contribution in [3.63, 3.8) is 0 Å². The first kappa shape index (κ1) is 60.5. The van der Waals surface area contributed by atoms with Crippen molar-refractivity contribution in [3.8, 4) is 6.07 Å². The predicted octanol–water partition coefficient (Wildman–Crippen LogP) is 3.76. The van der Waals surface area contributed by atoms with Crippen LogP contribution in [-0.2, 0) is 41.5 Å². The quantitative estimate of drug-likeness (QED) is 0.159. The summed E-state index contributed by atoms with van der Waals surface area (Å²) in [5.41, 5.74) is 1.88. The molecule has 0 bridgehead atoms. The average molecular weight is 956 g/mol. The van der Waals surface area contributed by atoms with Gasteiger partial charge in [-0.15, -0.1) is 0 Å². The molecule has 2 aromatic carbocycles. The third-order valence-corrected chi connectivity index (χ3v) is 10.1. The minimum Gasteiger partial charge on any atom is -0.480 e. The van der Waals surface area contributed by atoms with Gasteiger partial charge in [0.25, 0.3) is 0 Å². The molecule has 4 rings (SSSR count). The summed E-state index contributed by atoms with van der Waals surface area (Å²) in [6.07, 6.45) is 2.84. The summed E-state index contributed by atoms with van der Waals surface area (Å²) >= 11 is 0. The molecule has 2 aliphatic heterocycles. The van der Waals surface area contributed by atoms with E-state index in [-0.39, 0.29) is 43.7 Å². The summed E-state index contributed by atoms with van der Waals surface area (Å²) in [5.74, 6) is -4.04. The molecule has 0 saturated carbocycles. The lowest BCUT2D eigenvalue weighted by Gasteiger charge is -2.27. The van der Waals surface area contributed by atoms with Gasteiger partial charge in [-0.2, -0.15) is 5.26 Å². The van der Waals surface area contributed by atoms with Crippen LogP contribution in [0.4, 0.5) is 0 Å². The molecule has 19 nitrogen and oxygen atoms in total. The van der Waals surface area contributed by atoms with Gasteiger partial charge >= 0.3 is 35.8 Å². The van der Waals surface area contributed by atoms with E-state index >= 15 is 0 Å². The number of carbonyl (C=O) groups is 6. The van der Waals surface area contributed by atoms with Crippen LogP contribution in [-0.4, -0.2) is 203 Å². The molecule has 0 spiro atoms. The normalized spacial score (nSPS) is 15.9. The topological polar surface area (TPSA) is 254 Å². The zero-order valence-electron chi connectivity index (χ0n) is 41.5. The van der Waals surface area contributed by atoms with Crippen molar-refractivity contribution in [2.45, 2.75) is 85.9 Å². The molecule has 5 N–H and O–H groups in total. The Morgan fingerprint density at radius 2 is 0.853 bits per heavy atom. The highest BCUT2D eigenvalue weighted by molar-refractivity contribution is 5.88. The Bertz CT molecular complexity index is 1810. The van der Waals surface area contributed by atoms with Gasteiger partial charge in [0, 0.05) is 92.0 Å². The van der Waals surface area contributed by atoms with Crippen molar-refractivity contribution in [2.75, 3.05) is 111 Å². The standard InChI is InChI=1S/C19H27N3O6.C18H35N3O4.C10H12O2.C2H3N/c23-17(24)13-21-9-7-20(8-10-22(12-11-21)14-18(25)26)6-5-15-1-3-16(4-2-15)19(27)28;1-17(2,3)24-15(22)13-20-9-7-19-8-10-21(12-11-20)14-16(23)25-18(4,5)6;1-2-3-8-4-6-9(7-5-8)10(11)12;1-2-3/h1-4H,5-14H2,(H,23,24)(H,25,26)(H,27,28);19H,7-14H2,1-6H3;4-7H,2-3H2,1H3,(H,11,12);1H3. The van der Waals surface area contributed by atoms with E-state index in [9.17, 15) is 28.8 Å². The van der Waals surface area contributed by atoms with Gasteiger partial charge in [0.05, 0.1) is 43.4 Å². The van der Waals surface area contributed by atoms with Crippen LogP contribution >= 0.6 is 0 Å². The maximum Gasteiger partial charge on any atom is 0.335 e. The Labute approximate surface area is 402 Å². The molecular formula is C49H77N7O12. The summed E-state index contributed by atoms with van der Waals surface area (Å²) in [6.45, 7) is 24.1. The minimum absolute atomic E-state index is 0.0641. The SMILES string of the molecule is CC#N.CC(C)(C)OC(=O)CN1CCNCCN(CC(=O)OC(C)(C)C)CC1.CCCc1ccc(C(=O)O)cc1.O=C(O)CN1CCN(CCc2ccc(C(=O)O)cc2)CCN(CC(=O)O)CC1.